The van der Waals surface area contributed by atoms with E-state index in [1.807, 2.05) is 0 Å². The molecular weight excluding hydrogens is 214 g/mol. The summed E-state index contributed by atoms with van der Waals surface area (Å²) in [5, 5.41) is 8.21. The minimum Gasteiger partial charge on any atom is -0.396 e. The number of allylic oxidation sites excluding steroid dienone is 1. The van der Waals surface area contributed by atoms with Gasteiger partial charge in [-0.05, 0) is 6.92 Å². The molecule has 7 heteroatoms. The predicted octanol–water partition coefficient (Wildman–Crippen LogP) is 2.81. The highest BCUT2D eigenvalue weighted by Gasteiger charge is 2.42. The third-order valence-electron chi connectivity index (χ3n) is 1.58. The minimum absolute atomic E-state index is 0.346. The monoisotopic (exact) mass is 222 g/mol. The van der Waals surface area contributed by atoms with Crippen molar-refractivity contribution in [1.29, 1.82) is 0 Å². The van der Waals surface area contributed by atoms with Gasteiger partial charge in [-0.2, -0.15) is 26.3 Å². The van der Waals surface area contributed by atoms with E-state index in [0.29, 0.717) is 6.92 Å². The molecule has 0 aromatic rings. The van der Waals surface area contributed by atoms with Crippen LogP contribution in [0, 0.1) is 0 Å². The quantitative estimate of drug-likeness (QED) is 0.562. The van der Waals surface area contributed by atoms with Crippen LogP contribution in [0.3, 0.4) is 0 Å². The summed E-state index contributed by atoms with van der Waals surface area (Å²) in [4.78, 5) is 0. The molecule has 0 aromatic carbocycles. The third kappa shape index (κ3) is 3.57. The molecule has 0 saturated carbocycles. The highest BCUT2D eigenvalue weighted by Crippen LogP contribution is 2.37. The largest absolute Gasteiger partial charge is 0.413 e. The Morgan fingerprint density at radius 3 is 1.64 bits per heavy atom. The summed E-state index contributed by atoms with van der Waals surface area (Å²) < 4.78 is 71.8. The van der Waals surface area contributed by atoms with Crippen molar-refractivity contribution >= 4 is 0 Å². The Kier molecular flexibility index (Phi) is 3.99. The summed E-state index contributed by atoms with van der Waals surface area (Å²) in [7, 11) is 0. The maximum Gasteiger partial charge on any atom is 0.413 e. The molecule has 0 unspecified atom stereocenters. The van der Waals surface area contributed by atoms with Crippen molar-refractivity contribution in [1.82, 2.24) is 0 Å². The molecule has 0 aliphatic carbocycles. The van der Waals surface area contributed by atoms with E-state index in [1.165, 1.54) is 0 Å². The average Bonchev–Trinajstić information content (AvgIpc) is 1.94. The maximum atomic E-state index is 12.0. The van der Waals surface area contributed by atoms with Gasteiger partial charge in [0, 0.05) is 24.2 Å². The predicted molar refractivity (Wildman–Crippen MR) is 36.5 cm³/mol. The highest BCUT2D eigenvalue weighted by atomic mass is 19.4. The van der Waals surface area contributed by atoms with Crippen LogP contribution in [0.1, 0.15) is 13.3 Å². The second kappa shape index (κ2) is 4.20. The first kappa shape index (κ1) is 13.3. The summed E-state index contributed by atoms with van der Waals surface area (Å²) in [6, 6.07) is 0. The van der Waals surface area contributed by atoms with E-state index in [1.54, 1.807) is 0 Å². The van der Waals surface area contributed by atoms with Crippen LogP contribution in [0.2, 0.25) is 0 Å². The standard InChI is InChI=1S/C7H8F6O/c1-4(6(8,9)10)5(2-3-14)7(11,12)13/h14H,2-3H2,1H3. The molecule has 0 aliphatic rings. The third-order valence-corrected chi connectivity index (χ3v) is 1.58. The molecule has 0 aliphatic heterocycles. The molecule has 0 spiro atoms. The zero-order valence-electron chi connectivity index (χ0n) is 7.13. The van der Waals surface area contributed by atoms with Gasteiger partial charge in [-0.1, -0.05) is 0 Å². The Hall–Kier alpha value is -0.720. The topological polar surface area (TPSA) is 20.2 Å². The molecule has 0 radical (unpaired) electrons. The normalized spacial score (nSPS) is 15.4. The summed E-state index contributed by atoms with van der Waals surface area (Å²) in [6.07, 6.45) is -11.1. The van der Waals surface area contributed by atoms with Gasteiger partial charge in [-0.3, -0.25) is 0 Å². The van der Waals surface area contributed by atoms with Crippen molar-refractivity contribution in [2.45, 2.75) is 25.7 Å². The van der Waals surface area contributed by atoms with Crippen LogP contribution >= 0.6 is 0 Å². The Morgan fingerprint density at radius 1 is 1.00 bits per heavy atom. The summed E-state index contributed by atoms with van der Waals surface area (Å²) >= 11 is 0. The van der Waals surface area contributed by atoms with Crippen molar-refractivity contribution in [2.75, 3.05) is 6.61 Å². The average molecular weight is 222 g/mol. The SMILES string of the molecule is CC(=C(CCO)C(F)(F)F)C(F)(F)F. The number of hydrogen-bond acceptors (Lipinski definition) is 1. The molecule has 1 N–H and O–H groups in total. The van der Waals surface area contributed by atoms with Gasteiger partial charge in [0.05, 0.1) is 0 Å². The number of aliphatic hydroxyl groups excluding tert-OH is 1. The van der Waals surface area contributed by atoms with Gasteiger partial charge < -0.3 is 5.11 Å². The van der Waals surface area contributed by atoms with E-state index in [2.05, 4.69) is 0 Å². The van der Waals surface area contributed by atoms with Gasteiger partial charge in [0.15, 0.2) is 0 Å². The second-order valence-corrected chi connectivity index (χ2v) is 2.57. The van der Waals surface area contributed by atoms with E-state index in [4.69, 9.17) is 5.11 Å². The Balaban J connectivity index is 5.17. The molecule has 0 heterocycles. The van der Waals surface area contributed by atoms with Crippen LogP contribution in [0.5, 0.6) is 0 Å². The number of hydrogen-bond donors (Lipinski definition) is 1. The van der Waals surface area contributed by atoms with Crippen LogP contribution in [0.15, 0.2) is 11.1 Å². The zero-order chi connectivity index (χ0) is 11.6. The fourth-order valence-electron chi connectivity index (χ4n) is 0.825. The van der Waals surface area contributed by atoms with Crippen molar-refractivity contribution in [2.24, 2.45) is 0 Å². The number of halogens is 6. The van der Waals surface area contributed by atoms with Crippen LogP contribution < -0.4 is 0 Å². The molecule has 0 fully saturated rings. The lowest BCUT2D eigenvalue weighted by atomic mass is 10.1. The zero-order valence-corrected chi connectivity index (χ0v) is 7.13. The lowest BCUT2D eigenvalue weighted by Gasteiger charge is -2.16. The first-order valence-corrected chi connectivity index (χ1v) is 3.55. The smallest absolute Gasteiger partial charge is 0.396 e. The molecule has 0 aromatic heterocycles. The van der Waals surface area contributed by atoms with Crippen LogP contribution in [0.25, 0.3) is 0 Å². The van der Waals surface area contributed by atoms with Crippen LogP contribution in [-0.4, -0.2) is 24.1 Å². The molecule has 0 atom stereocenters. The van der Waals surface area contributed by atoms with E-state index in [0.717, 1.165) is 0 Å². The molecule has 1 nitrogen and oxygen atoms in total. The number of alkyl halides is 6. The summed E-state index contributed by atoms with van der Waals surface area (Å²) in [6.45, 7) is -0.624. The Bertz CT molecular complexity index is 223. The van der Waals surface area contributed by atoms with E-state index in [9.17, 15) is 26.3 Å². The van der Waals surface area contributed by atoms with Gasteiger partial charge in [0.25, 0.3) is 0 Å². The van der Waals surface area contributed by atoms with Crippen LogP contribution in [-0.2, 0) is 0 Å². The van der Waals surface area contributed by atoms with Crippen molar-refractivity contribution in [3.8, 4) is 0 Å². The molecular formula is C7H8F6O. The van der Waals surface area contributed by atoms with Crippen molar-refractivity contribution in [3.63, 3.8) is 0 Å². The van der Waals surface area contributed by atoms with Gasteiger partial charge in [0.2, 0.25) is 0 Å². The molecule has 84 valence electrons. The van der Waals surface area contributed by atoms with E-state index in [-0.39, 0.29) is 0 Å². The Labute approximate surface area is 76.0 Å². The summed E-state index contributed by atoms with van der Waals surface area (Å²) in [5.41, 5.74) is -3.44. The minimum atomic E-state index is -5.05. The fourth-order valence-corrected chi connectivity index (χ4v) is 0.825. The van der Waals surface area contributed by atoms with Gasteiger partial charge in [-0.15, -0.1) is 0 Å². The molecule has 0 amide bonds. The molecule has 0 bridgehead atoms. The van der Waals surface area contributed by atoms with Crippen molar-refractivity contribution in [3.05, 3.63) is 11.1 Å². The van der Waals surface area contributed by atoms with E-state index >= 15 is 0 Å². The first-order valence-electron chi connectivity index (χ1n) is 3.55. The molecule has 14 heavy (non-hydrogen) atoms. The molecule has 0 rings (SSSR count). The van der Waals surface area contributed by atoms with Gasteiger partial charge >= 0.3 is 12.4 Å². The van der Waals surface area contributed by atoms with Gasteiger partial charge in [-0.25, -0.2) is 0 Å². The lowest BCUT2D eigenvalue weighted by Crippen LogP contribution is -2.21. The maximum absolute atomic E-state index is 12.0. The number of rotatable bonds is 2. The van der Waals surface area contributed by atoms with Gasteiger partial charge in [0.1, 0.15) is 0 Å². The van der Waals surface area contributed by atoms with E-state index < -0.39 is 36.5 Å². The second-order valence-electron chi connectivity index (χ2n) is 2.57. The molecule has 0 saturated heterocycles. The Morgan fingerprint density at radius 2 is 1.43 bits per heavy atom. The lowest BCUT2D eigenvalue weighted by molar-refractivity contribution is -0.117. The number of aliphatic hydroxyl groups is 1. The van der Waals surface area contributed by atoms with Crippen molar-refractivity contribution < 1.29 is 31.4 Å². The fraction of sp³-hybridized carbons (Fsp3) is 0.714. The van der Waals surface area contributed by atoms with Crippen LogP contribution in [0.4, 0.5) is 26.3 Å². The highest BCUT2D eigenvalue weighted by molar-refractivity contribution is 5.21. The first-order chi connectivity index (χ1) is 6.10. The summed E-state index contributed by atoms with van der Waals surface area (Å²) in [5.74, 6) is 0.